The summed E-state index contributed by atoms with van der Waals surface area (Å²) < 4.78 is 5.45. The van der Waals surface area contributed by atoms with Crippen LogP contribution in [0.1, 0.15) is 5.56 Å². The summed E-state index contributed by atoms with van der Waals surface area (Å²) in [5.74, 6) is 1.76. The SMILES string of the molecule is O=C(NCCSc1ccccc1)Nc1ccc2c(c1)CCO2. The molecule has 114 valence electrons. The first kappa shape index (κ1) is 14.8. The predicted molar refractivity (Wildman–Crippen MR) is 89.8 cm³/mol. The maximum atomic E-state index is 11.9. The molecule has 1 aliphatic rings. The van der Waals surface area contributed by atoms with Crippen LogP contribution < -0.4 is 15.4 Å². The summed E-state index contributed by atoms with van der Waals surface area (Å²) >= 11 is 1.73. The molecule has 0 aromatic heterocycles. The van der Waals surface area contributed by atoms with Crippen LogP contribution in [0.15, 0.2) is 53.4 Å². The fourth-order valence-electron chi connectivity index (χ4n) is 2.29. The maximum absolute atomic E-state index is 11.9. The molecule has 3 rings (SSSR count). The molecular formula is C17H18N2O2S. The smallest absolute Gasteiger partial charge is 0.319 e. The van der Waals surface area contributed by atoms with Crippen molar-refractivity contribution in [3.63, 3.8) is 0 Å². The normalized spacial score (nSPS) is 12.4. The molecule has 2 amide bonds. The van der Waals surface area contributed by atoms with Gasteiger partial charge in [0, 0.05) is 29.3 Å². The second-order valence-corrected chi connectivity index (χ2v) is 6.13. The summed E-state index contributed by atoms with van der Waals surface area (Å²) in [5, 5.41) is 5.72. The Morgan fingerprint density at radius 1 is 1.18 bits per heavy atom. The highest BCUT2D eigenvalue weighted by Crippen LogP contribution is 2.27. The molecule has 2 aromatic rings. The molecule has 0 fully saturated rings. The van der Waals surface area contributed by atoms with Crippen LogP contribution in [0.5, 0.6) is 5.75 Å². The number of hydrogen-bond acceptors (Lipinski definition) is 3. The summed E-state index contributed by atoms with van der Waals surface area (Å²) in [6.45, 7) is 1.35. The Balaban J connectivity index is 1.41. The highest BCUT2D eigenvalue weighted by molar-refractivity contribution is 7.99. The van der Waals surface area contributed by atoms with E-state index in [0.29, 0.717) is 6.54 Å². The lowest BCUT2D eigenvalue weighted by Gasteiger charge is -2.08. The van der Waals surface area contributed by atoms with Gasteiger partial charge in [-0.1, -0.05) is 18.2 Å². The summed E-state index contributed by atoms with van der Waals surface area (Å²) in [7, 11) is 0. The van der Waals surface area contributed by atoms with Crippen LogP contribution in [0, 0.1) is 0 Å². The molecule has 1 aliphatic heterocycles. The van der Waals surface area contributed by atoms with Crippen molar-refractivity contribution in [3.8, 4) is 5.75 Å². The Kier molecular flexibility index (Phi) is 4.85. The highest BCUT2D eigenvalue weighted by Gasteiger charge is 2.12. The molecule has 0 aliphatic carbocycles. The average Bonchev–Trinajstić information content (AvgIpc) is 3.00. The Labute approximate surface area is 134 Å². The van der Waals surface area contributed by atoms with Crippen molar-refractivity contribution in [1.29, 1.82) is 0 Å². The molecule has 22 heavy (non-hydrogen) atoms. The Morgan fingerprint density at radius 2 is 2.05 bits per heavy atom. The zero-order valence-corrected chi connectivity index (χ0v) is 13.0. The van der Waals surface area contributed by atoms with Gasteiger partial charge in [-0.3, -0.25) is 0 Å². The minimum Gasteiger partial charge on any atom is -0.493 e. The molecule has 0 saturated carbocycles. The lowest BCUT2D eigenvalue weighted by Crippen LogP contribution is -2.30. The van der Waals surface area contributed by atoms with E-state index in [-0.39, 0.29) is 6.03 Å². The molecule has 4 nitrogen and oxygen atoms in total. The molecule has 2 N–H and O–H groups in total. The fraction of sp³-hybridized carbons (Fsp3) is 0.235. The van der Waals surface area contributed by atoms with E-state index in [2.05, 4.69) is 22.8 Å². The van der Waals surface area contributed by atoms with Gasteiger partial charge in [-0.15, -0.1) is 11.8 Å². The van der Waals surface area contributed by atoms with Crippen LogP contribution >= 0.6 is 11.8 Å². The van der Waals surface area contributed by atoms with Crippen LogP contribution in [-0.2, 0) is 6.42 Å². The number of thioether (sulfide) groups is 1. The van der Waals surface area contributed by atoms with E-state index in [0.717, 1.165) is 35.8 Å². The number of anilines is 1. The van der Waals surface area contributed by atoms with Gasteiger partial charge >= 0.3 is 6.03 Å². The van der Waals surface area contributed by atoms with E-state index in [1.54, 1.807) is 11.8 Å². The number of ether oxygens (including phenoxy) is 1. The fourth-order valence-corrected chi connectivity index (χ4v) is 3.08. The van der Waals surface area contributed by atoms with Crippen molar-refractivity contribution in [3.05, 3.63) is 54.1 Å². The minimum absolute atomic E-state index is 0.174. The monoisotopic (exact) mass is 314 g/mol. The second-order valence-electron chi connectivity index (χ2n) is 4.96. The van der Waals surface area contributed by atoms with E-state index >= 15 is 0 Å². The van der Waals surface area contributed by atoms with Crippen LogP contribution in [0.2, 0.25) is 0 Å². The van der Waals surface area contributed by atoms with Gasteiger partial charge < -0.3 is 15.4 Å². The minimum atomic E-state index is -0.174. The molecule has 0 spiro atoms. The number of benzene rings is 2. The number of nitrogens with one attached hydrogen (secondary N) is 2. The van der Waals surface area contributed by atoms with E-state index < -0.39 is 0 Å². The predicted octanol–water partition coefficient (Wildman–Crippen LogP) is 3.54. The third-order valence-electron chi connectivity index (χ3n) is 3.35. The first-order chi connectivity index (χ1) is 10.8. The van der Waals surface area contributed by atoms with E-state index in [9.17, 15) is 4.79 Å². The number of rotatable bonds is 5. The number of urea groups is 1. The van der Waals surface area contributed by atoms with Crippen LogP contribution in [-0.4, -0.2) is 24.9 Å². The molecule has 0 unspecified atom stereocenters. The molecule has 0 radical (unpaired) electrons. The van der Waals surface area contributed by atoms with Gasteiger partial charge in [0.15, 0.2) is 0 Å². The number of hydrogen-bond donors (Lipinski definition) is 2. The first-order valence-corrected chi connectivity index (χ1v) is 8.28. The standard InChI is InChI=1S/C17H18N2O2S/c20-17(18-9-11-22-15-4-2-1-3-5-15)19-14-6-7-16-13(12-14)8-10-21-16/h1-7,12H,8-11H2,(H2,18,19,20). The summed E-state index contributed by atoms with van der Waals surface area (Å²) in [5.41, 5.74) is 1.95. The van der Waals surface area contributed by atoms with Gasteiger partial charge in [-0.25, -0.2) is 4.79 Å². The van der Waals surface area contributed by atoms with Crippen molar-refractivity contribution >= 4 is 23.5 Å². The molecule has 5 heteroatoms. The zero-order valence-electron chi connectivity index (χ0n) is 12.2. The van der Waals surface area contributed by atoms with Gasteiger partial charge in [0.2, 0.25) is 0 Å². The van der Waals surface area contributed by atoms with Gasteiger partial charge in [-0.05, 0) is 35.9 Å². The van der Waals surface area contributed by atoms with Gasteiger partial charge in [0.1, 0.15) is 5.75 Å². The quantitative estimate of drug-likeness (QED) is 0.655. The van der Waals surface area contributed by atoms with Gasteiger partial charge in [0.25, 0.3) is 0 Å². The number of fused-ring (bicyclic) bond motifs is 1. The second kappa shape index (κ2) is 7.22. The summed E-state index contributed by atoms with van der Waals surface area (Å²) in [6, 6.07) is 15.7. The lowest BCUT2D eigenvalue weighted by atomic mass is 10.1. The first-order valence-electron chi connectivity index (χ1n) is 7.30. The third-order valence-corrected chi connectivity index (χ3v) is 4.36. The van der Waals surface area contributed by atoms with Crippen molar-refractivity contribution in [2.45, 2.75) is 11.3 Å². The topological polar surface area (TPSA) is 50.4 Å². The molecule has 0 bridgehead atoms. The van der Waals surface area contributed by atoms with Crippen LogP contribution in [0.3, 0.4) is 0 Å². The average molecular weight is 314 g/mol. The van der Waals surface area contributed by atoms with E-state index in [4.69, 9.17) is 4.74 Å². The largest absolute Gasteiger partial charge is 0.493 e. The van der Waals surface area contributed by atoms with Crippen molar-refractivity contribution in [2.24, 2.45) is 0 Å². The van der Waals surface area contributed by atoms with Crippen LogP contribution in [0.25, 0.3) is 0 Å². The molecule has 1 heterocycles. The van der Waals surface area contributed by atoms with Gasteiger partial charge in [-0.2, -0.15) is 0 Å². The lowest BCUT2D eigenvalue weighted by molar-refractivity contribution is 0.252. The Bertz CT molecular complexity index is 646. The summed E-state index contributed by atoms with van der Waals surface area (Å²) in [4.78, 5) is 13.1. The zero-order chi connectivity index (χ0) is 15.2. The molecule has 0 saturated heterocycles. The Hall–Kier alpha value is -2.14. The van der Waals surface area contributed by atoms with Gasteiger partial charge in [0.05, 0.1) is 6.61 Å². The third kappa shape index (κ3) is 3.95. The number of carbonyl (C=O) groups is 1. The molecule has 0 atom stereocenters. The van der Waals surface area contributed by atoms with E-state index in [1.165, 1.54) is 4.90 Å². The molecular weight excluding hydrogens is 296 g/mol. The number of carbonyl (C=O) groups excluding carboxylic acids is 1. The Morgan fingerprint density at radius 3 is 2.91 bits per heavy atom. The maximum Gasteiger partial charge on any atom is 0.319 e. The highest BCUT2D eigenvalue weighted by atomic mass is 32.2. The van der Waals surface area contributed by atoms with E-state index in [1.807, 2.05) is 36.4 Å². The van der Waals surface area contributed by atoms with Crippen molar-refractivity contribution in [2.75, 3.05) is 24.2 Å². The summed E-state index contributed by atoms with van der Waals surface area (Å²) in [6.07, 6.45) is 0.903. The van der Waals surface area contributed by atoms with Crippen LogP contribution in [0.4, 0.5) is 10.5 Å². The number of amides is 2. The molecule has 2 aromatic carbocycles. The van der Waals surface area contributed by atoms with Crippen molar-refractivity contribution in [1.82, 2.24) is 5.32 Å². The van der Waals surface area contributed by atoms with Crippen molar-refractivity contribution < 1.29 is 9.53 Å².